The summed E-state index contributed by atoms with van der Waals surface area (Å²) < 4.78 is 0. The van der Waals surface area contributed by atoms with Gasteiger partial charge in [0.05, 0.1) is 11.6 Å². The zero-order chi connectivity index (χ0) is 12.1. The predicted molar refractivity (Wildman–Crippen MR) is 69.9 cm³/mol. The van der Waals surface area contributed by atoms with E-state index in [4.69, 9.17) is 5.26 Å². The van der Waals surface area contributed by atoms with Gasteiger partial charge in [0.2, 0.25) is 0 Å². The number of hydrogen-bond donors (Lipinski definition) is 2. The Labute approximate surface area is 103 Å². The van der Waals surface area contributed by atoms with Gasteiger partial charge in [0, 0.05) is 17.8 Å². The van der Waals surface area contributed by atoms with Gasteiger partial charge in [0.1, 0.15) is 0 Å². The summed E-state index contributed by atoms with van der Waals surface area (Å²) in [6, 6.07) is 10.9. The molecule has 2 unspecified atom stereocenters. The molecule has 1 heterocycles. The van der Waals surface area contributed by atoms with Crippen molar-refractivity contribution in [3.63, 3.8) is 0 Å². The number of nitriles is 1. The molecule has 0 saturated carbocycles. The summed E-state index contributed by atoms with van der Waals surface area (Å²) in [5.41, 5.74) is 1.80. The first-order valence-electron chi connectivity index (χ1n) is 6.28. The van der Waals surface area contributed by atoms with Crippen LogP contribution in [0.3, 0.4) is 0 Å². The normalized spacial score (nSPS) is 20.8. The van der Waals surface area contributed by atoms with E-state index in [-0.39, 0.29) is 0 Å². The summed E-state index contributed by atoms with van der Waals surface area (Å²) in [7, 11) is 0. The standard InChI is InChI=1S/C14H19N3/c1-11(9-14-3-2-8-16-14)17-13-6-4-12(10-15)5-7-13/h4-7,11,14,16-17H,2-3,8-9H2,1H3. The quantitative estimate of drug-likeness (QED) is 0.834. The van der Waals surface area contributed by atoms with Crippen LogP contribution in [-0.4, -0.2) is 18.6 Å². The van der Waals surface area contributed by atoms with Crippen molar-refractivity contribution in [3.8, 4) is 6.07 Å². The third kappa shape index (κ3) is 3.47. The zero-order valence-electron chi connectivity index (χ0n) is 10.2. The minimum atomic E-state index is 0.457. The van der Waals surface area contributed by atoms with Crippen LogP contribution in [0.1, 0.15) is 31.7 Å². The molecule has 1 aromatic carbocycles. The van der Waals surface area contributed by atoms with Crippen LogP contribution in [0.4, 0.5) is 5.69 Å². The highest BCUT2D eigenvalue weighted by atomic mass is 15.0. The van der Waals surface area contributed by atoms with Gasteiger partial charge in [0.25, 0.3) is 0 Å². The van der Waals surface area contributed by atoms with Crippen LogP contribution >= 0.6 is 0 Å². The van der Waals surface area contributed by atoms with Gasteiger partial charge < -0.3 is 10.6 Å². The molecule has 2 N–H and O–H groups in total. The maximum absolute atomic E-state index is 8.72. The largest absolute Gasteiger partial charge is 0.383 e. The van der Waals surface area contributed by atoms with E-state index in [0.717, 1.165) is 18.7 Å². The van der Waals surface area contributed by atoms with E-state index >= 15 is 0 Å². The lowest BCUT2D eigenvalue weighted by atomic mass is 10.1. The van der Waals surface area contributed by atoms with Crippen LogP contribution in [0.2, 0.25) is 0 Å². The van der Waals surface area contributed by atoms with Gasteiger partial charge in [-0.3, -0.25) is 0 Å². The summed E-state index contributed by atoms with van der Waals surface area (Å²) in [6.07, 6.45) is 3.74. The Balaban J connectivity index is 1.84. The van der Waals surface area contributed by atoms with Gasteiger partial charge in [-0.25, -0.2) is 0 Å². The van der Waals surface area contributed by atoms with Crippen molar-refractivity contribution in [2.45, 2.75) is 38.3 Å². The maximum Gasteiger partial charge on any atom is 0.0991 e. The molecule has 1 aliphatic rings. The molecule has 1 saturated heterocycles. The molecule has 1 fully saturated rings. The lowest BCUT2D eigenvalue weighted by molar-refractivity contribution is 0.523. The average Bonchev–Trinajstić information content (AvgIpc) is 2.82. The van der Waals surface area contributed by atoms with Crippen LogP contribution in [-0.2, 0) is 0 Å². The fraction of sp³-hybridized carbons (Fsp3) is 0.500. The fourth-order valence-corrected chi connectivity index (χ4v) is 2.37. The molecular weight excluding hydrogens is 210 g/mol. The first kappa shape index (κ1) is 11.9. The second-order valence-electron chi connectivity index (χ2n) is 4.76. The first-order valence-corrected chi connectivity index (χ1v) is 6.28. The molecule has 2 atom stereocenters. The lowest BCUT2D eigenvalue weighted by Crippen LogP contribution is -2.29. The summed E-state index contributed by atoms with van der Waals surface area (Å²) in [5.74, 6) is 0. The van der Waals surface area contributed by atoms with Gasteiger partial charge in [-0.15, -0.1) is 0 Å². The van der Waals surface area contributed by atoms with Crippen molar-refractivity contribution in [2.75, 3.05) is 11.9 Å². The van der Waals surface area contributed by atoms with Crippen molar-refractivity contribution >= 4 is 5.69 Å². The molecule has 0 bridgehead atoms. The summed E-state index contributed by atoms with van der Waals surface area (Å²) in [6.45, 7) is 3.37. The highest BCUT2D eigenvalue weighted by molar-refractivity contribution is 5.47. The molecule has 2 rings (SSSR count). The molecular formula is C14H19N3. The van der Waals surface area contributed by atoms with E-state index in [0.29, 0.717) is 17.6 Å². The Morgan fingerprint density at radius 2 is 2.24 bits per heavy atom. The maximum atomic E-state index is 8.72. The Morgan fingerprint density at radius 1 is 1.47 bits per heavy atom. The second-order valence-corrected chi connectivity index (χ2v) is 4.76. The highest BCUT2D eigenvalue weighted by Crippen LogP contribution is 2.15. The van der Waals surface area contributed by atoms with Crippen LogP contribution in [0.15, 0.2) is 24.3 Å². The smallest absolute Gasteiger partial charge is 0.0991 e. The van der Waals surface area contributed by atoms with Crippen molar-refractivity contribution in [2.24, 2.45) is 0 Å². The van der Waals surface area contributed by atoms with Gasteiger partial charge in [0.15, 0.2) is 0 Å². The summed E-state index contributed by atoms with van der Waals surface area (Å²) >= 11 is 0. The van der Waals surface area contributed by atoms with Crippen molar-refractivity contribution in [1.29, 1.82) is 5.26 Å². The molecule has 90 valence electrons. The molecule has 3 nitrogen and oxygen atoms in total. The minimum Gasteiger partial charge on any atom is -0.383 e. The first-order chi connectivity index (χ1) is 8.28. The predicted octanol–water partition coefficient (Wildman–Crippen LogP) is 2.50. The molecule has 1 aliphatic heterocycles. The highest BCUT2D eigenvalue weighted by Gasteiger charge is 2.16. The number of anilines is 1. The second kappa shape index (κ2) is 5.70. The SMILES string of the molecule is CC(CC1CCCN1)Nc1ccc(C#N)cc1. The molecule has 17 heavy (non-hydrogen) atoms. The van der Waals surface area contributed by atoms with E-state index in [1.165, 1.54) is 12.8 Å². The van der Waals surface area contributed by atoms with Crippen LogP contribution < -0.4 is 10.6 Å². The Hall–Kier alpha value is -1.53. The molecule has 3 heteroatoms. The zero-order valence-corrected chi connectivity index (χ0v) is 10.2. The van der Waals surface area contributed by atoms with Crippen molar-refractivity contribution in [1.82, 2.24) is 5.32 Å². The van der Waals surface area contributed by atoms with E-state index in [2.05, 4.69) is 23.6 Å². The third-order valence-electron chi connectivity index (χ3n) is 3.23. The van der Waals surface area contributed by atoms with Gasteiger partial charge in [-0.2, -0.15) is 5.26 Å². The third-order valence-corrected chi connectivity index (χ3v) is 3.23. The molecule has 1 aromatic rings. The average molecular weight is 229 g/mol. The Kier molecular flexibility index (Phi) is 4.00. The van der Waals surface area contributed by atoms with E-state index in [1.807, 2.05) is 24.3 Å². The van der Waals surface area contributed by atoms with E-state index < -0.39 is 0 Å². The van der Waals surface area contributed by atoms with Crippen molar-refractivity contribution in [3.05, 3.63) is 29.8 Å². The number of nitrogens with zero attached hydrogens (tertiary/aromatic N) is 1. The summed E-state index contributed by atoms with van der Waals surface area (Å²) in [4.78, 5) is 0. The number of benzene rings is 1. The number of nitrogens with one attached hydrogen (secondary N) is 2. The Morgan fingerprint density at radius 3 is 2.82 bits per heavy atom. The van der Waals surface area contributed by atoms with Gasteiger partial charge >= 0.3 is 0 Å². The minimum absolute atomic E-state index is 0.457. The van der Waals surface area contributed by atoms with Gasteiger partial charge in [-0.1, -0.05) is 0 Å². The van der Waals surface area contributed by atoms with Crippen molar-refractivity contribution < 1.29 is 0 Å². The summed E-state index contributed by atoms with van der Waals surface area (Å²) in [5, 5.41) is 15.7. The fourth-order valence-electron chi connectivity index (χ4n) is 2.37. The monoisotopic (exact) mass is 229 g/mol. The van der Waals surface area contributed by atoms with Crippen LogP contribution in [0, 0.1) is 11.3 Å². The molecule has 0 spiro atoms. The van der Waals surface area contributed by atoms with Crippen LogP contribution in [0.5, 0.6) is 0 Å². The van der Waals surface area contributed by atoms with Crippen LogP contribution in [0.25, 0.3) is 0 Å². The lowest BCUT2D eigenvalue weighted by Gasteiger charge is -2.19. The van der Waals surface area contributed by atoms with E-state index in [1.54, 1.807) is 0 Å². The van der Waals surface area contributed by atoms with Gasteiger partial charge in [-0.05, 0) is 57.0 Å². The number of rotatable bonds is 4. The van der Waals surface area contributed by atoms with E-state index in [9.17, 15) is 0 Å². The number of hydrogen-bond acceptors (Lipinski definition) is 3. The topological polar surface area (TPSA) is 47.8 Å². The molecule has 0 aliphatic carbocycles. The molecule has 0 radical (unpaired) electrons. The molecule has 0 amide bonds. The Bertz CT molecular complexity index is 385. The molecule has 0 aromatic heterocycles.